The summed E-state index contributed by atoms with van der Waals surface area (Å²) in [5.41, 5.74) is 5.37. The molecule has 1 fully saturated rings. The van der Waals surface area contributed by atoms with Crippen LogP contribution in [0.3, 0.4) is 0 Å². The number of nitrogens with two attached hydrogens (primary N) is 1. The minimum absolute atomic E-state index is 0.0470. The van der Waals surface area contributed by atoms with E-state index in [1.54, 1.807) is 27.4 Å². The van der Waals surface area contributed by atoms with Crippen LogP contribution in [0.2, 0.25) is 0 Å². The standard InChI is InChI=1S/C17H21N3O3S/c18-17(22)19-7-1-4-13(10-19)16(21)20(11-14-5-2-8-23-14)12-15-6-3-9-24-15/h2-3,5-6,8-9,13H,1,4,7,10-12H2,(H2,18,22). The molecule has 0 radical (unpaired) electrons. The van der Waals surface area contributed by atoms with Crippen molar-refractivity contribution in [3.8, 4) is 0 Å². The summed E-state index contributed by atoms with van der Waals surface area (Å²) >= 11 is 1.62. The molecule has 1 unspecified atom stereocenters. The van der Waals surface area contributed by atoms with Crippen LogP contribution in [0.1, 0.15) is 23.5 Å². The van der Waals surface area contributed by atoms with Gasteiger partial charge in [0.05, 0.1) is 25.3 Å². The number of amides is 3. The number of piperidine rings is 1. The summed E-state index contributed by atoms with van der Waals surface area (Å²) in [5.74, 6) is 0.592. The van der Waals surface area contributed by atoms with Gasteiger partial charge in [-0.2, -0.15) is 0 Å². The van der Waals surface area contributed by atoms with Crippen molar-refractivity contribution in [3.63, 3.8) is 0 Å². The first-order valence-electron chi connectivity index (χ1n) is 8.01. The molecule has 1 atom stereocenters. The summed E-state index contributed by atoms with van der Waals surface area (Å²) in [7, 11) is 0. The van der Waals surface area contributed by atoms with Gasteiger partial charge in [-0.15, -0.1) is 11.3 Å². The molecular formula is C17H21N3O3S. The highest BCUT2D eigenvalue weighted by molar-refractivity contribution is 7.09. The Morgan fingerprint density at radius 3 is 2.88 bits per heavy atom. The van der Waals surface area contributed by atoms with E-state index in [9.17, 15) is 9.59 Å². The van der Waals surface area contributed by atoms with Gasteiger partial charge in [-0.25, -0.2) is 4.79 Å². The van der Waals surface area contributed by atoms with Gasteiger partial charge in [0, 0.05) is 18.0 Å². The van der Waals surface area contributed by atoms with E-state index >= 15 is 0 Å². The number of rotatable bonds is 5. The van der Waals surface area contributed by atoms with E-state index < -0.39 is 6.03 Å². The van der Waals surface area contributed by atoms with Gasteiger partial charge in [0.25, 0.3) is 0 Å². The number of thiophene rings is 1. The summed E-state index contributed by atoms with van der Waals surface area (Å²) in [6.45, 7) is 2.00. The zero-order valence-corrected chi connectivity index (χ0v) is 14.2. The first kappa shape index (κ1) is 16.6. The van der Waals surface area contributed by atoms with Crippen LogP contribution in [0, 0.1) is 5.92 Å². The number of primary amides is 1. The smallest absolute Gasteiger partial charge is 0.314 e. The Bertz CT molecular complexity index is 633. The van der Waals surface area contributed by atoms with Crippen LogP contribution in [-0.2, 0) is 17.9 Å². The average molecular weight is 347 g/mol. The lowest BCUT2D eigenvalue weighted by molar-refractivity contribution is -0.138. The van der Waals surface area contributed by atoms with Crippen molar-refractivity contribution >= 4 is 23.3 Å². The van der Waals surface area contributed by atoms with Crippen molar-refractivity contribution in [1.29, 1.82) is 0 Å². The van der Waals surface area contributed by atoms with E-state index in [1.165, 1.54) is 0 Å². The number of carbonyl (C=O) groups excluding carboxylic acids is 2. The Morgan fingerprint density at radius 2 is 2.21 bits per heavy atom. The lowest BCUT2D eigenvalue weighted by Gasteiger charge is -2.33. The Balaban J connectivity index is 1.73. The van der Waals surface area contributed by atoms with Crippen molar-refractivity contribution in [2.45, 2.75) is 25.9 Å². The van der Waals surface area contributed by atoms with E-state index in [0.29, 0.717) is 26.2 Å². The van der Waals surface area contributed by atoms with Gasteiger partial charge in [-0.3, -0.25) is 4.79 Å². The molecule has 24 heavy (non-hydrogen) atoms. The van der Waals surface area contributed by atoms with Gasteiger partial charge in [0.1, 0.15) is 5.76 Å². The molecular weight excluding hydrogens is 326 g/mol. The first-order chi connectivity index (χ1) is 11.6. The van der Waals surface area contributed by atoms with E-state index in [0.717, 1.165) is 23.5 Å². The molecule has 7 heteroatoms. The van der Waals surface area contributed by atoms with Crippen LogP contribution >= 0.6 is 11.3 Å². The van der Waals surface area contributed by atoms with Crippen molar-refractivity contribution in [2.24, 2.45) is 11.7 Å². The van der Waals surface area contributed by atoms with Crippen LogP contribution < -0.4 is 5.73 Å². The number of nitrogens with zero attached hydrogens (tertiary/aromatic N) is 2. The molecule has 3 rings (SSSR count). The third-order valence-corrected chi connectivity index (χ3v) is 5.11. The number of hydrogen-bond acceptors (Lipinski definition) is 4. The molecule has 2 N–H and O–H groups in total. The summed E-state index contributed by atoms with van der Waals surface area (Å²) in [4.78, 5) is 28.9. The number of urea groups is 1. The predicted octanol–water partition coefficient (Wildman–Crippen LogP) is 2.66. The first-order valence-corrected chi connectivity index (χ1v) is 8.89. The van der Waals surface area contributed by atoms with Gasteiger partial charge < -0.3 is 20.0 Å². The molecule has 1 saturated heterocycles. The van der Waals surface area contributed by atoms with Crippen molar-refractivity contribution in [2.75, 3.05) is 13.1 Å². The number of furan rings is 1. The summed E-state index contributed by atoms with van der Waals surface area (Å²) in [6, 6.07) is 7.22. The topological polar surface area (TPSA) is 79.8 Å². The molecule has 128 valence electrons. The molecule has 0 saturated carbocycles. The monoisotopic (exact) mass is 347 g/mol. The molecule has 2 aromatic heterocycles. The van der Waals surface area contributed by atoms with Crippen LogP contribution in [0.4, 0.5) is 4.79 Å². The SMILES string of the molecule is NC(=O)N1CCCC(C(=O)N(Cc2ccco2)Cc2cccs2)C1. The highest BCUT2D eigenvalue weighted by Gasteiger charge is 2.31. The Labute approximate surface area is 144 Å². The van der Waals surface area contributed by atoms with Gasteiger partial charge in [0.2, 0.25) is 5.91 Å². The zero-order chi connectivity index (χ0) is 16.9. The van der Waals surface area contributed by atoms with E-state index in [4.69, 9.17) is 10.2 Å². The molecule has 3 amide bonds. The van der Waals surface area contributed by atoms with E-state index in [-0.39, 0.29) is 11.8 Å². The predicted molar refractivity (Wildman–Crippen MR) is 91.2 cm³/mol. The van der Waals surface area contributed by atoms with E-state index in [2.05, 4.69) is 0 Å². The highest BCUT2D eigenvalue weighted by Crippen LogP contribution is 2.22. The molecule has 0 spiro atoms. The van der Waals surface area contributed by atoms with Crippen LogP contribution in [0.25, 0.3) is 0 Å². The minimum atomic E-state index is -0.455. The second kappa shape index (κ2) is 7.53. The van der Waals surface area contributed by atoms with Crippen LogP contribution in [0.15, 0.2) is 40.3 Å². The van der Waals surface area contributed by atoms with Gasteiger partial charge in [-0.1, -0.05) is 6.07 Å². The molecule has 3 heterocycles. The maximum atomic E-state index is 13.0. The Hall–Kier alpha value is -2.28. The molecule has 1 aliphatic rings. The third kappa shape index (κ3) is 3.97. The fourth-order valence-corrected chi connectivity index (χ4v) is 3.75. The summed E-state index contributed by atoms with van der Waals surface area (Å²) < 4.78 is 5.41. The lowest BCUT2D eigenvalue weighted by atomic mass is 9.96. The zero-order valence-electron chi connectivity index (χ0n) is 13.4. The average Bonchev–Trinajstić information content (AvgIpc) is 3.27. The second-order valence-electron chi connectivity index (χ2n) is 5.98. The number of hydrogen-bond donors (Lipinski definition) is 1. The fraction of sp³-hybridized carbons (Fsp3) is 0.412. The minimum Gasteiger partial charge on any atom is -0.467 e. The third-order valence-electron chi connectivity index (χ3n) is 4.25. The largest absolute Gasteiger partial charge is 0.467 e. The summed E-state index contributed by atoms with van der Waals surface area (Å²) in [6.07, 6.45) is 3.19. The van der Waals surface area contributed by atoms with Gasteiger partial charge in [-0.05, 0) is 36.4 Å². The molecule has 0 aliphatic carbocycles. The number of likely N-dealkylation sites (tertiary alicyclic amines) is 1. The molecule has 0 aromatic carbocycles. The fourth-order valence-electron chi connectivity index (χ4n) is 3.03. The van der Waals surface area contributed by atoms with Crippen LogP contribution in [-0.4, -0.2) is 34.8 Å². The van der Waals surface area contributed by atoms with Crippen LogP contribution in [0.5, 0.6) is 0 Å². The Morgan fingerprint density at radius 1 is 1.33 bits per heavy atom. The molecule has 1 aliphatic heterocycles. The maximum Gasteiger partial charge on any atom is 0.314 e. The quantitative estimate of drug-likeness (QED) is 0.903. The van der Waals surface area contributed by atoms with Crippen molar-refractivity contribution in [3.05, 3.63) is 46.5 Å². The van der Waals surface area contributed by atoms with Crippen molar-refractivity contribution < 1.29 is 14.0 Å². The molecule has 0 bridgehead atoms. The number of carbonyl (C=O) groups is 2. The Kier molecular flexibility index (Phi) is 5.20. The van der Waals surface area contributed by atoms with Crippen molar-refractivity contribution in [1.82, 2.24) is 9.80 Å². The highest BCUT2D eigenvalue weighted by atomic mass is 32.1. The van der Waals surface area contributed by atoms with E-state index in [1.807, 2.05) is 29.6 Å². The maximum absolute atomic E-state index is 13.0. The van der Waals surface area contributed by atoms with Gasteiger partial charge in [0.15, 0.2) is 0 Å². The molecule has 6 nitrogen and oxygen atoms in total. The normalized spacial score (nSPS) is 17.7. The summed E-state index contributed by atoms with van der Waals surface area (Å²) in [5, 5.41) is 2.00. The molecule has 2 aromatic rings. The second-order valence-corrected chi connectivity index (χ2v) is 7.01. The van der Waals surface area contributed by atoms with Gasteiger partial charge >= 0.3 is 6.03 Å². The lowest BCUT2D eigenvalue weighted by Crippen LogP contribution is -2.48.